The Morgan fingerprint density at radius 1 is 1.27 bits per heavy atom. The Labute approximate surface area is 180 Å². The molecule has 1 aliphatic heterocycles. The van der Waals surface area contributed by atoms with Crippen molar-refractivity contribution in [1.29, 1.82) is 5.26 Å². The smallest absolute Gasteiger partial charge is 0.214 e. The van der Waals surface area contributed by atoms with Gasteiger partial charge < -0.3 is 4.90 Å². The van der Waals surface area contributed by atoms with Crippen molar-refractivity contribution < 1.29 is 17.2 Å². The molecule has 0 radical (unpaired) electrons. The van der Waals surface area contributed by atoms with Crippen LogP contribution in [0.3, 0.4) is 0 Å². The van der Waals surface area contributed by atoms with Crippen LogP contribution in [0.25, 0.3) is 0 Å². The van der Waals surface area contributed by atoms with Crippen LogP contribution in [0.2, 0.25) is 5.02 Å². The number of benzene rings is 2. The Bertz CT molecular complexity index is 1070. The maximum Gasteiger partial charge on any atom is 0.214 e. The van der Waals surface area contributed by atoms with E-state index < -0.39 is 21.7 Å². The van der Waals surface area contributed by atoms with E-state index in [1.807, 2.05) is 17.9 Å². The van der Waals surface area contributed by atoms with Gasteiger partial charge >= 0.3 is 0 Å². The number of nitrogens with zero attached hydrogens (tertiary/aromatic N) is 3. The fraction of sp³-hybridized carbons (Fsp3) is 0.381. The summed E-state index contributed by atoms with van der Waals surface area (Å²) >= 11 is 6.19. The summed E-state index contributed by atoms with van der Waals surface area (Å²) in [5.41, 5.74) is 1.07. The van der Waals surface area contributed by atoms with Crippen LogP contribution in [0.15, 0.2) is 36.4 Å². The number of rotatable bonds is 7. The van der Waals surface area contributed by atoms with Crippen LogP contribution in [-0.2, 0) is 16.6 Å². The van der Waals surface area contributed by atoms with Gasteiger partial charge in [0.1, 0.15) is 17.7 Å². The van der Waals surface area contributed by atoms with Crippen LogP contribution in [0.1, 0.15) is 30.9 Å². The second-order valence-corrected chi connectivity index (χ2v) is 9.75. The van der Waals surface area contributed by atoms with Gasteiger partial charge in [-0.05, 0) is 49.2 Å². The van der Waals surface area contributed by atoms with Gasteiger partial charge in [-0.3, -0.25) is 0 Å². The molecule has 0 spiro atoms. The summed E-state index contributed by atoms with van der Waals surface area (Å²) in [5.74, 6) is -1.03. The van der Waals surface area contributed by atoms with Gasteiger partial charge in [-0.2, -0.15) is 9.57 Å². The second-order valence-electron chi connectivity index (χ2n) is 7.26. The lowest BCUT2D eigenvalue weighted by atomic mass is 10.1. The van der Waals surface area contributed by atoms with E-state index >= 15 is 0 Å². The quantitative estimate of drug-likeness (QED) is 0.626. The summed E-state index contributed by atoms with van der Waals surface area (Å²) in [4.78, 5) is 1.83. The summed E-state index contributed by atoms with van der Waals surface area (Å²) in [6, 6.07) is 9.85. The minimum Gasteiger partial charge on any atom is -0.363 e. The molecule has 160 valence electrons. The van der Waals surface area contributed by atoms with Gasteiger partial charge in [0.2, 0.25) is 10.0 Å². The van der Waals surface area contributed by atoms with Crippen molar-refractivity contribution >= 4 is 27.3 Å². The number of anilines is 1. The van der Waals surface area contributed by atoms with E-state index in [1.165, 1.54) is 4.31 Å². The predicted molar refractivity (Wildman–Crippen MR) is 113 cm³/mol. The summed E-state index contributed by atoms with van der Waals surface area (Å²) < 4.78 is 54.4. The zero-order valence-corrected chi connectivity index (χ0v) is 18.1. The topological polar surface area (TPSA) is 64.4 Å². The fourth-order valence-corrected chi connectivity index (χ4v) is 5.43. The normalized spacial score (nSPS) is 17.1. The number of halogens is 3. The average molecular weight is 454 g/mol. The summed E-state index contributed by atoms with van der Waals surface area (Å²) in [5, 5.41) is 9.37. The third-order valence-corrected chi connectivity index (χ3v) is 7.53. The third kappa shape index (κ3) is 4.91. The van der Waals surface area contributed by atoms with E-state index in [-0.39, 0.29) is 35.5 Å². The van der Waals surface area contributed by atoms with Gasteiger partial charge in [-0.15, -0.1) is 0 Å². The van der Waals surface area contributed by atoms with Gasteiger partial charge in [-0.25, -0.2) is 17.2 Å². The summed E-state index contributed by atoms with van der Waals surface area (Å²) in [6.07, 6.45) is 1.06. The summed E-state index contributed by atoms with van der Waals surface area (Å²) in [7, 11) is -3.36. The van der Waals surface area contributed by atoms with Gasteiger partial charge in [-0.1, -0.05) is 18.5 Å². The van der Waals surface area contributed by atoms with E-state index in [0.29, 0.717) is 30.6 Å². The van der Waals surface area contributed by atoms with Crippen LogP contribution in [0, 0.1) is 23.0 Å². The van der Waals surface area contributed by atoms with E-state index in [2.05, 4.69) is 0 Å². The van der Waals surface area contributed by atoms with Crippen molar-refractivity contribution in [3.05, 3.63) is 64.2 Å². The Morgan fingerprint density at radius 3 is 2.70 bits per heavy atom. The van der Waals surface area contributed by atoms with Crippen LogP contribution in [0.4, 0.5) is 14.5 Å². The van der Waals surface area contributed by atoms with Crippen molar-refractivity contribution in [2.75, 3.05) is 23.7 Å². The number of hydrogen-bond donors (Lipinski definition) is 0. The SMILES string of the molecule is CCCS(=O)(=O)N1CC[C@H](N(Cc2cc(F)ccc2F)c2ccc(C#N)c(Cl)c2)C1. The third-order valence-electron chi connectivity index (χ3n) is 5.18. The molecule has 0 aliphatic carbocycles. The van der Waals surface area contributed by atoms with E-state index in [1.54, 1.807) is 18.2 Å². The first-order chi connectivity index (χ1) is 14.2. The highest BCUT2D eigenvalue weighted by Crippen LogP contribution is 2.30. The lowest BCUT2D eigenvalue weighted by Crippen LogP contribution is -2.39. The molecule has 1 fully saturated rings. The second kappa shape index (κ2) is 9.29. The van der Waals surface area contributed by atoms with E-state index in [9.17, 15) is 17.2 Å². The highest BCUT2D eigenvalue weighted by atomic mass is 35.5. The fourth-order valence-electron chi connectivity index (χ4n) is 3.66. The number of hydrogen-bond acceptors (Lipinski definition) is 4. The average Bonchev–Trinajstić information content (AvgIpc) is 3.19. The largest absolute Gasteiger partial charge is 0.363 e. The molecule has 2 aromatic rings. The van der Waals surface area contributed by atoms with Crippen molar-refractivity contribution in [2.24, 2.45) is 0 Å². The molecule has 0 amide bonds. The zero-order chi connectivity index (χ0) is 21.9. The molecule has 9 heteroatoms. The van der Waals surface area contributed by atoms with Crippen molar-refractivity contribution in [3.8, 4) is 6.07 Å². The molecule has 1 atom stereocenters. The highest BCUT2D eigenvalue weighted by molar-refractivity contribution is 7.89. The molecule has 1 aliphatic rings. The molecule has 1 saturated heterocycles. The van der Waals surface area contributed by atoms with Gasteiger partial charge in [0.15, 0.2) is 0 Å². The molecule has 1 heterocycles. The molecular formula is C21H22ClF2N3O2S. The van der Waals surface area contributed by atoms with Crippen molar-refractivity contribution in [2.45, 2.75) is 32.4 Å². The molecule has 5 nitrogen and oxygen atoms in total. The van der Waals surface area contributed by atoms with Crippen LogP contribution >= 0.6 is 11.6 Å². The number of sulfonamides is 1. The minimum absolute atomic E-state index is 0.0398. The maximum absolute atomic E-state index is 14.3. The molecule has 3 rings (SSSR count). The molecule has 0 bridgehead atoms. The zero-order valence-electron chi connectivity index (χ0n) is 16.5. The molecule has 0 unspecified atom stereocenters. The Morgan fingerprint density at radius 2 is 2.03 bits per heavy atom. The summed E-state index contributed by atoms with van der Waals surface area (Å²) in [6.45, 7) is 2.46. The van der Waals surface area contributed by atoms with Crippen LogP contribution in [-0.4, -0.2) is 37.6 Å². The van der Waals surface area contributed by atoms with Gasteiger partial charge in [0.05, 0.1) is 16.3 Å². The lowest BCUT2D eigenvalue weighted by molar-refractivity contribution is 0.466. The van der Waals surface area contributed by atoms with Crippen LogP contribution in [0.5, 0.6) is 0 Å². The molecule has 0 saturated carbocycles. The predicted octanol–water partition coefficient (Wildman–Crippen LogP) is 4.31. The first-order valence-electron chi connectivity index (χ1n) is 9.63. The Hall–Kier alpha value is -2.21. The van der Waals surface area contributed by atoms with Crippen LogP contribution < -0.4 is 4.90 Å². The Balaban J connectivity index is 1.95. The van der Waals surface area contributed by atoms with E-state index in [4.69, 9.17) is 16.9 Å². The van der Waals surface area contributed by atoms with Gasteiger partial charge in [0, 0.05) is 36.9 Å². The molecule has 0 N–H and O–H groups in total. The lowest BCUT2D eigenvalue weighted by Gasteiger charge is -2.32. The minimum atomic E-state index is -3.36. The number of nitriles is 1. The monoisotopic (exact) mass is 453 g/mol. The standard InChI is InChI=1S/C21H22ClF2N3O2S/c1-2-9-30(28,29)26-8-7-19(14-26)27(13-16-10-17(23)4-6-21(16)24)18-5-3-15(12-25)20(22)11-18/h3-6,10-11,19H,2,7-9,13-14H2,1H3/t19-/m0/s1. The van der Waals surface area contributed by atoms with Crippen molar-refractivity contribution in [3.63, 3.8) is 0 Å². The van der Waals surface area contributed by atoms with Crippen molar-refractivity contribution in [1.82, 2.24) is 4.31 Å². The molecule has 30 heavy (non-hydrogen) atoms. The maximum atomic E-state index is 14.3. The molecule has 0 aromatic heterocycles. The van der Waals surface area contributed by atoms with Gasteiger partial charge in [0.25, 0.3) is 0 Å². The first-order valence-corrected chi connectivity index (χ1v) is 11.6. The molecular weight excluding hydrogens is 432 g/mol. The molecule has 2 aromatic carbocycles. The first kappa shape index (κ1) is 22.5. The van der Waals surface area contributed by atoms with E-state index in [0.717, 1.165) is 18.2 Å². The highest BCUT2D eigenvalue weighted by Gasteiger charge is 2.34. The Kier molecular flexibility index (Phi) is 6.96.